The van der Waals surface area contributed by atoms with E-state index in [0.717, 1.165) is 36.6 Å². The van der Waals surface area contributed by atoms with Gasteiger partial charge >= 0.3 is 0 Å². The number of hydrogen-bond donors (Lipinski definition) is 0. The highest BCUT2D eigenvalue weighted by molar-refractivity contribution is 5.93. The maximum Gasteiger partial charge on any atom is 0.278 e. The first-order valence-electron chi connectivity index (χ1n) is 9.97. The number of pyridine rings is 1. The summed E-state index contributed by atoms with van der Waals surface area (Å²) in [6.07, 6.45) is 2.74. The van der Waals surface area contributed by atoms with E-state index in [1.807, 2.05) is 42.5 Å². The second-order valence-corrected chi connectivity index (χ2v) is 7.37. The molecule has 0 spiro atoms. The normalized spacial score (nSPS) is 15.8. The zero-order valence-electron chi connectivity index (χ0n) is 16.9. The van der Waals surface area contributed by atoms with Crippen molar-refractivity contribution in [1.29, 1.82) is 0 Å². The molecule has 0 N–H and O–H groups in total. The molecule has 30 heavy (non-hydrogen) atoms. The zero-order valence-corrected chi connectivity index (χ0v) is 16.9. The van der Waals surface area contributed by atoms with E-state index in [1.165, 1.54) is 0 Å². The van der Waals surface area contributed by atoms with E-state index in [1.54, 1.807) is 18.0 Å². The fourth-order valence-electron chi connectivity index (χ4n) is 3.34. The van der Waals surface area contributed by atoms with Crippen molar-refractivity contribution in [2.75, 3.05) is 19.8 Å². The molecule has 0 unspecified atom stereocenters. The first kappa shape index (κ1) is 20.0. The Morgan fingerprint density at radius 3 is 2.87 bits per heavy atom. The molecule has 1 saturated heterocycles. The molecule has 0 bridgehead atoms. The van der Waals surface area contributed by atoms with Crippen molar-refractivity contribution in [3.05, 3.63) is 71.3 Å². The van der Waals surface area contributed by atoms with Crippen molar-refractivity contribution in [2.24, 2.45) is 5.92 Å². The molecule has 156 valence electrons. The minimum absolute atomic E-state index is 0.208. The third kappa shape index (κ3) is 5.01. The van der Waals surface area contributed by atoms with Crippen LogP contribution >= 0.6 is 0 Å². The quantitative estimate of drug-likeness (QED) is 0.566. The molecule has 0 radical (unpaired) electrons. The van der Waals surface area contributed by atoms with Gasteiger partial charge in [-0.15, -0.1) is 0 Å². The lowest BCUT2D eigenvalue weighted by molar-refractivity contribution is 0.0715. The Balaban J connectivity index is 1.50. The molecule has 8 heteroatoms. The summed E-state index contributed by atoms with van der Waals surface area (Å²) in [7, 11) is 0. The van der Waals surface area contributed by atoms with Crippen LogP contribution in [0.1, 0.15) is 33.9 Å². The van der Waals surface area contributed by atoms with E-state index >= 15 is 0 Å². The van der Waals surface area contributed by atoms with Gasteiger partial charge in [-0.2, -0.15) is 0 Å². The first-order chi connectivity index (χ1) is 14.7. The average Bonchev–Trinajstić information content (AvgIpc) is 3.44. The largest absolute Gasteiger partial charge is 0.493 e. The van der Waals surface area contributed by atoms with Gasteiger partial charge in [0.15, 0.2) is 5.69 Å². The first-order valence-corrected chi connectivity index (χ1v) is 9.97. The summed E-state index contributed by atoms with van der Waals surface area (Å²) in [5.41, 5.74) is 2.41. The van der Waals surface area contributed by atoms with Crippen LogP contribution in [0.4, 0.5) is 0 Å². The maximum atomic E-state index is 13.1. The van der Waals surface area contributed by atoms with Gasteiger partial charge in [-0.25, -0.2) is 4.63 Å². The van der Waals surface area contributed by atoms with Gasteiger partial charge in [0.05, 0.1) is 25.5 Å². The maximum absolute atomic E-state index is 13.1. The average molecular weight is 408 g/mol. The lowest BCUT2D eigenvalue weighted by Gasteiger charge is -2.22. The smallest absolute Gasteiger partial charge is 0.278 e. The molecular weight excluding hydrogens is 384 g/mol. The number of carbonyl (C=O) groups is 1. The number of nitrogens with zero attached hydrogens (tertiary/aromatic N) is 4. The summed E-state index contributed by atoms with van der Waals surface area (Å²) >= 11 is 0. The lowest BCUT2D eigenvalue weighted by Crippen LogP contribution is -2.31. The van der Waals surface area contributed by atoms with Crippen molar-refractivity contribution in [3.63, 3.8) is 0 Å². The summed E-state index contributed by atoms with van der Waals surface area (Å²) in [6, 6.07) is 13.4. The Kier molecular flexibility index (Phi) is 6.34. The Hall–Kier alpha value is -3.26. The van der Waals surface area contributed by atoms with Gasteiger partial charge in [0.2, 0.25) is 0 Å². The van der Waals surface area contributed by atoms with Crippen LogP contribution in [0.2, 0.25) is 0 Å². The van der Waals surface area contributed by atoms with Crippen molar-refractivity contribution < 1.29 is 18.9 Å². The fraction of sp³-hybridized carbons (Fsp3) is 0.364. The molecule has 0 aliphatic carbocycles. The van der Waals surface area contributed by atoms with Crippen LogP contribution in [-0.2, 0) is 17.8 Å². The van der Waals surface area contributed by atoms with Crippen LogP contribution in [0.15, 0.2) is 53.3 Å². The number of aromatic nitrogens is 3. The molecule has 3 heterocycles. The fourth-order valence-corrected chi connectivity index (χ4v) is 3.34. The summed E-state index contributed by atoms with van der Waals surface area (Å²) in [5, 5.41) is 7.51. The summed E-state index contributed by atoms with van der Waals surface area (Å²) in [5.74, 6) is 0.955. The molecule has 0 saturated carbocycles. The summed E-state index contributed by atoms with van der Waals surface area (Å²) in [4.78, 5) is 19.1. The lowest BCUT2D eigenvalue weighted by atomic mass is 10.1. The number of hydrogen-bond acceptors (Lipinski definition) is 7. The van der Waals surface area contributed by atoms with Gasteiger partial charge in [-0.3, -0.25) is 9.78 Å². The number of amides is 1. The van der Waals surface area contributed by atoms with Crippen molar-refractivity contribution in [3.8, 4) is 5.75 Å². The topological polar surface area (TPSA) is 90.6 Å². The molecular formula is C22H24N4O4. The van der Waals surface area contributed by atoms with E-state index in [0.29, 0.717) is 31.3 Å². The van der Waals surface area contributed by atoms with E-state index in [4.69, 9.17) is 14.1 Å². The van der Waals surface area contributed by atoms with Gasteiger partial charge in [0.1, 0.15) is 11.4 Å². The number of carbonyl (C=O) groups excluding carboxylic acids is 1. The highest BCUT2D eigenvalue weighted by atomic mass is 16.6. The number of rotatable bonds is 8. The minimum atomic E-state index is -0.256. The Morgan fingerprint density at radius 1 is 1.20 bits per heavy atom. The van der Waals surface area contributed by atoms with Crippen molar-refractivity contribution >= 4 is 5.91 Å². The van der Waals surface area contributed by atoms with Gasteiger partial charge in [0.25, 0.3) is 5.91 Å². The molecule has 8 nitrogen and oxygen atoms in total. The molecule has 1 fully saturated rings. The molecule has 4 rings (SSSR count). The van der Waals surface area contributed by atoms with Gasteiger partial charge < -0.3 is 14.4 Å². The van der Waals surface area contributed by atoms with Crippen molar-refractivity contribution in [1.82, 2.24) is 20.2 Å². The minimum Gasteiger partial charge on any atom is -0.493 e. The highest BCUT2D eigenvalue weighted by Crippen LogP contribution is 2.20. The predicted molar refractivity (Wildman–Crippen MR) is 108 cm³/mol. The monoisotopic (exact) mass is 408 g/mol. The van der Waals surface area contributed by atoms with Crippen LogP contribution in [-0.4, -0.2) is 45.9 Å². The standard InChI is InChI=1S/C22H24N4O4/c1-16-21(25-30-24-16)22(27)26(13-19-6-2-3-9-23-19)12-17-5-4-7-20(11-17)29-15-18-8-10-28-14-18/h2-7,9,11,18H,8,10,12-15H2,1H3/t18-/m1/s1. The van der Waals surface area contributed by atoms with Crippen LogP contribution in [0.5, 0.6) is 5.75 Å². The summed E-state index contributed by atoms with van der Waals surface area (Å²) < 4.78 is 16.1. The number of aryl methyl sites for hydroxylation is 1. The molecule has 2 aromatic heterocycles. The molecule has 1 aromatic carbocycles. The van der Waals surface area contributed by atoms with Crippen LogP contribution in [0, 0.1) is 12.8 Å². The van der Waals surface area contributed by atoms with Gasteiger partial charge in [0, 0.05) is 25.3 Å². The predicted octanol–water partition coefficient (Wildman–Crippen LogP) is 3.03. The molecule has 1 aliphatic rings. The van der Waals surface area contributed by atoms with E-state index in [-0.39, 0.29) is 11.6 Å². The number of benzene rings is 1. The third-order valence-electron chi connectivity index (χ3n) is 5.00. The zero-order chi connectivity index (χ0) is 20.8. The Morgan fingerprint density at radius 2 is 2.13 bits per heavy atom. The molecule has 1 amide bonds. The van der Waals surface area contributed by atoms with Crippen LogP contribution in [0.3, 0.4) is 0 Å². The van der Waals surface area contributed by atoms with Gasteiger partial charge in [-0.1, -0.05) is 23.4 Å². The third-order valence-corrected chi connectivity index (χ3v) is 5.00. The molecule has 3 aromatic rings. The van der Waals surface area contributed by atoms with Crippen LogP contribution in [0.25, 0.3) is 0 Å². The second-order valence-electron chi connectivity index (χ2n) is 7.37. The second kappa shape index (κ2) is 9.49. The van der Waals surface area contributed by atoms with E-state index < -0.39 is 0 Å². The Bertz CT molecular complexity index is 970. The molecule has 1 aliphatic heterocycles. The molecule has 1 atom stereocenters. The SMILES string of the molecule is Cc1nonc1C(=O)N(Cc1cccc(OC[C@@H]2CCOC2)c1)Cc1ccccn1. The van der Waals surface area contributed by atoms with Crippen molar-refractivity contribution in [2.45, 2.75) is 26.4 Å². The summed E-state index contributed by atoms with van der Waals surface area (Å²) in [6.45, 7) is 4.60. The van der Waals surface area contributed by atoms with Gasteiger partial charge in [-0.05, 0) is 48.3 Å². The van der Waals surface area contributed by atoms with E-state index in [9.17, 15) is 4.79 Å². The highest BCUT2D eigenvalue weighted by Gasteiger charge is 2.23. The number of ether oxygens (including phenoxy) is 2. The van der Waals surface area contributed by atoms with Crippen LogP contribution < -0.4 is 4.74 Å². The Labute approximate surface area is 174 Å². The van der Waals surface area contributed by atoms with E-state index in [2.05, 4.69) is 15.3 Å².